The summed E-state index contributed by atoms with van der Waals surface area (Å²) in [4.78, 5) is 17.7. The number of fused-ring (bicyclic) bond motifs is 1. The monoisotopic (exact) mass is 343 g/mol. The highest BCUT2D eigenvalue weighted by atomic mass is 16.5. The molecule has 3 aliphatic rings. The van der Waals surface area contributed by atoms with Gasteiger partial charge in [-0.1, -0.05) is 11.6 Å². The fourth-order valence-electron chi connectivity index (χ4n) is 4.38. The van der Waals surface area contributed by atoms with E-state index in [2.05, 4.69) is 27.2 Å². The molecule has 0 aromatic heterocycles. The molecule has 0 spiro atoms. The van der Waals surface area contributed by atoms with Crippen LogP contribution in [0.15, 0.2) is 18.2 Å². The maximum atomic E-state index is 12.8. The predicted molar refractivity (Wildman–Crippen MR) is 99.3 cm³/mol. The van der Waals surface area contributed by atoms with E-state index in [1.165, 1.54) is 32.2 Å². The molecule has 0 radical (unpaired) electrons. The van der Waals surface area contributed by atoms with Crippen molar-refractivity contribution >= 4 is 11.6 Å². The summed E-state index contributed by atoms with van der Waals surface area (Å²) in [5, 5.41) is 3.12. The summed E-state index contributed by atoms with van der Waals surface area (Å²) < 4.78 is 5.97. The second-order valence-electron chi connectivity index (χ2n) is 7.67. The van der Waals surface area contributed by atoms with Gasteiger partial charge in [-0.25, -0.2) is 0 Å². The number of benzene rings is 1. The molecule has 2 atom stereocenters. The van der Waals surface area contributed by atoms with Crippen LogP contribution in [0.5, 0.6) is 0 Å². The zero-order valence-corrected chi connectivity index (χ0v) is 15.2. The molecular formula is C20H29N3O2. The molecule has 1 amide bonds. The van der Waals surface area contributed by atoms with Crippen molar-refractivity contribution in [1.29, 1.82) is 0 Å². The summed E-state index contributed by atoms with van der Waals surface area (Å²) in [7, 11) is 0. The standard InChI is InChI=1S/C20H29N3O2/c1-15-6-7-19(22-8-2-3-9-22)18(11-15)20(24)21-12-17-13-23-10-4-5-16(23)14-25-17/h6-7,11,16-17H,2-5,8-10,12-14H2,1H3,(H,21,24). The van der Waals surface area contributed by atoms with E-state index in [0.717, 1.165) is 43.1 Å². The van der Waals surface area contributed by atoms with E-state index in [1.54, 1.807) is 0 Å². The molecule has 0 aliphatic carbocycles. The van der Waals surface area contributed by atoms with Crippen molar-refractivity contribution < 1.29 is 9.53 Å². The Labute approximate surface area is 150 Å². The Morgan fingerprint density at radius 3 is 2.92 bits per heavy atom. The van der Waals surface area contributed by atoms with E-state index in [9.17, 15) is 4.79 Å². The van der Waals surface area contributed by atoms with Gasteiger partial charge in [0, 0.05) is 37.9 Å². The van der Waals surface area contributed by atoms with Gasteiger partial charge in [0.15, 0.2) is 0 Å². The van der Waals surface area contributed by atoms with Crippen LogP contribution in [0.4, 0.5) is 5.69 Å². The van der Waals surface area contributed by atoms with Gasteiger partial charge in [0.1, 0.15) is 0 Å². The highest BCUT2D eigenvalue weighted by molar-refractivity contribution is 6.00. The molecule has 5 heteroatoms. The number of nitrogens with one attached hydrogen (secondary N) is 1. The third-order valence-electron chi connectivity index (χ3n) is 5.80. The lowest BCUT2D eigenvalue weighted by Gasteiger charge is -2.35. The van der Waals surface area contributed by atoms with Crippen LogP contribution in [0.1, 0.15) is 41.6 Å². The van der Waals surface area contributed by atoms with Crippen molar-refractivity contribution in [3.05, 3.63) is 29.3 Å². The van der Waals surface area contributed by atoms with Gasteiger partial charge >= 0.3 is 0 Å². The molecule has 4 rings (SSSR count). The Kier molecular flexibility index (Phi) is 4.95. The fourth-order valence-corrected chi connectivity index (χ4v) is 4.38. The average Bonchev–Trinajstić information content (AvgIpc) is 3.30. The van der Waals surface area contributed by atoms with Crippen LogP contribution < -0.4 is 10.2 Å². The van der Waals surface area contributed by atoms with Crippen molar-refractivity contribution in [3.8, 4) is 0 Å². The van der Waals surface area contributed by atoms with Gasteiger partial charge in [0.2, 0.25) is 0 Å². The lowest BCUT2D eigenvalue weighted by atomic mass is 10.1. The maximum absolute atomic E-state index is 12.8. The molecule has 3 saturated heterocycles. The lowest BCUT2D eigenvalue weighted by molar-refractivity contribution is -0.0461. The van der Waals surface area contributed by atoms with E-state index in [0.29, 0.717) is 12.6 Å². The molecule has 3 aliphatic heterocycles. The van der Waals surface area contributed by atoms with Crippen molar-refractivity contribution in [2.45, 2.75) is 44.8 Å². The minimum Gasteiger partial charge on any atom is -0.373 e. The second-order valence-corrected chi connectivity index (χ2v) is 7.67. The molecule has 1 aromatic carbocycles. The number of anilines is 1. The minimum atomic E-state index is 0.0257. The number of rotatable bonds is 4. The molecule has 2 unspecified atom stereocenters. The van der Waals surface area contributed by atoms with E-state index in [1.807, 2.05) is 13.0 Å². The molecule has 3 fully saturated rings. The first-order chi connectivity index (χ1) is 12.2. The molecule has 1 N–H and O–H groups in total. The topological polar surface area (TPSA) is 44.8 Å². The summed E-state index contributed by atoms with van der Waals surface area (Å²) in [6.45, 7) is 7.66. The summed E-state index contributed by atoms with van der Waals surface area (Å²) in [6.07, 6.45) is 5.05. The smallest absolute Gasteiger partial charge is 0.253 e. The lowest BCUT2D eigenvalue weighted by Crippen LogP contribution is -2.50. The molecule has 1 aromatic rings. The molecular weight excluding hydrogens is 314 g/mol. The highest BCUT2D eigenvalue weighted by Crippen LogP contribution is 2.26. The number of amides is 1. The zero-order chi connectivity index (χ0) is 17.2. The van der Waals surface area contributed by atoms with Gasteiger partial charge in [-0.3, -0.25) is 9.69 Å². The average molecular weight is 343 g/mol. The quantitative estimate of drug-likeness (QED) is 0.910. The number of morpholine rings is 1. The number of carbonyl (C=O) groups excluding carboxylic acids is 1. The van der Waals surface area contributed by atoms with Crippen LogP contribution in [-0.2, 0) is 4.74 Å². The van der Waals surface area contributed by atoms with Crippen LogP contribution in [-0.4, -0.2) is 62.3 Å². The molecule has 25 heavy (non-hydrogen) atoms. The molecule has 0 bridgehead atoms. The number of carbonyl (C=O) groups is 1. The Morgan fingerprint density at radius 2 is 2.08 bits per heavy atom. The van der Waals surface area contributed by atoms with Crippen LogP contribution in [0.2, 0.25) is 0 Å². The maximum Gasteiger partial charge on any atom is 0.253 e. The number of nitrogens with zero attached hydrogens (tertiary/aromatic N) is 2. The highest BCUT2D eigenvalue weighted by Gasteiger charge is 2.32. The molecule has 0 saturated carbocycles. The van der Waals surface area contributed by atoms with E-state index >= 15 is 0 Å². The number of aryl methyl sites for hydroxylation is 1. The predicted octanol–water partition coefficient (Wildman–Crippen LogP) is 2.19. The minimum absolute atomic E-state index is 0.0257. The summed E-state index contributed by atoms with van der Waals surface area (Å²) in [5.74, 6) is 0.0257. The Hall–Kier alpha value is -1.59. The number of hydrogen-bond donors (Lipinski definition) is 1. The van der Waals surface area contributed by atoms with E-state index in [4.69, 9.17) is 4.74 Å². The summed E-state index contributed by atoms with van der Waals surface area (Å²) in [5.41, 5.74) is 3.00. The van der Waals surface area contributed by atoms with Crippen LogP contribution in [0.3, 0.4) is 0 Å². The van der Waals surface area contributed by atoms with Crippen molar-refractivity contribution in [3.63, 3.8) is 0 Å². The molecule has 136 valence electrons. The molecule has 3 heterocycles. The third kappa shape index (κ3) is 3.67. The Bertz CT molecular complexity index is 627. The van der Waals surface area contributed by atoms with Crippen molar-refractivity contribution in [2.75, 3.05) is 44.2 Å². The fraction of sp³-hybridized carbons (Fsp3) is 0.650. The zero-order valence-electron chi connectivity index (χ0n) is 15.2. The second kappa shape index (κ2) is 7.34. The summed E-state index contributed by atoms with van der Waals surface area (Å²) in [6, 6.07) is 6.82. The summed E-state index contributed by atoms with van der Waals surface area (Å²) >= 11 is 0. The van der Waals surface area contributed by atoms with Crippen molar-refractivity contribution in [2.24, 2.45) is 0 Å². The van der Waals surface area contributed by atoms with Crippen molar-refractivity contribution in [1.82, 2.24) is 10.2 Å². The van der Waals surface area contributed by atoms with Gasteiger partial charge in [0.25, 0.3) is 5.91 Å². The van der Waals surface area contributed by atoms with Crippen LogP contribution in [0, 0.1) is 6.92 Å². The molecule has 5 nitrogen and oxygen atoms in total. The first-order valence-corrected chi connectivity index (χ1v) is 9.70. The third-order valence-corrected chi connectivity index (χ3v) is 5.80. The van der Waals surface area contributed by atoms with E-state index < -0.39 is 0 Å². The van der Waals surface area contributed by atoms with Crippen LogP contribution >= 0.6 is 0 Å². The number of ether oxygens (including phenoxy) is 1. The SMILES string of the molecule is Cc1ccc(N2CCCC2)c(C(=O)NCC2CN3CCCC3CO2)c1. The van der Waals surface area contributed by atoms with Crippen LogP contribution in [0.25, 0.3) is 0 Å². The van der Waals surface area contributed by atoms with Gasteiger partial charge in [-0.15, -0.1) is 0 Å². The van der Waals surface area contributed by atoms with Gasteiger partial charge in [-0.05, 0) is 51.3 Å². The Morgan fingerprint density at radius 1 is 1.24 bits per heavy atom. The van der Waals surface area contributed by atoms with Gasteiger partial charge < -0.3 is 15.0 Å². The first kappa shape index (κ1) is 16.9. The normalized spacial score (nSPS) is 26.7. The van der Waals surface area contributed by atoms with Gasteiger partial charge in [-0.2, -0.15) is 0 Å². The van der Waals surface area contributed by atoms with E-state index in [-0.39, 0.29) is 12.0 Å². The largest absolute Gasteiger partial charge is 0.373 e. The first-order valence-electron chi connectivity index (χ1n) is 9.70. The Balaban J connectivity index is 1.40. The van der Waals surface area contributed by atoms with Gasteiger partial charge in [0.05, 0.1) is 18.3 Å². The number of hydrogen-bond acceptors (Lipinski definition) is 4.